The van der Waals surface area contributed by atoms with E-state index in [4.69, 9.17) is 15.6 Å². The lowest BCUT2D eigenvalue weighted by atomic mass is 10.1. The second-order valence-corrected chi connectivity index (χ2v) is 8.33. The monoisotopic (exact) mass is 444 g/mol. The molecular formula is C20H20N4O6S. The van der Waals surface area contributed by atoms with Gasteiger partial charge in [-0.2, -0.15) is 5.10 Å². The second-order valence-electron chi connectivity index (χ2n) is 6.68. The SMILES string of the molecule is Cc1ccc(S(=O)(=O)Nc2ccc(-n3ccc(C(N)=O)n3)cc2)c(C)c1OCC(=O)O. The Morgan fingerprint density at radius 2 is 1.81 bits per heavy atom. The number of benzene rings is 2. The number of aryl methyl sites for hydroxylation is 1. The highest BCUT2D eigenvalue weighted by Crippen LogP contribution is 2.30. The summed E-state index contributed by atoms with van der Waals surface area (Å²) in [5, 5.41) is 12.9. The standard InChI is InChI=1S/C20H20N4O6S/c1-12-3-8-17(13(2)19(12)30-11-18(25)26)31(28,29)23-14-4-6-15(7-5-14)24-10-9-16(22-24)20(21)27/h3-10,23H,11H2,1-2H3,(H2,21,27)(H,25,26). The lowest BCUT2D eigenvalue weighted by molar-refractivity contribution is -0.139. The van der Waals surface area contributed by atoms with Crippen LogP contribution >= 0.6 is 0 Å². The summed E-state index contributed by atoms with van der Waals surface area (Å²) in [6.45, 7) is 2.67. The molecule has 0 spiro atoms. The minimum absolute atomic E-state index is 0.0271. The molecule has 3 rings (SSSR count). The van der Waals surface area contributed by atoms with Gasteiger partial charge in [-0.3, -0.25) is 9.52 Å². The van der Waals surface area contributed by atoms with E-state index in [0.717, 1.165) is 0 Å². The van der Waals surface area contributed by atoms with Crippen LogP contribution in [0.5, 0.6) is 5.75 Å². The minimum Gasteiger partial charge on any atom is -0.481 e. The van der Waals surface area contributed by atoms with Crippen molar-refractivity contribution < 1.29 is 27.9 Å². The first-order chi connectivity index (χ1) is 14.6. The van der Waals surface area contributed by atoms with Crippen molar-refractivity contribution in [2.45, 2.75) is 18.7 Å². The van der Waals surface area contributed by atoms with E-state index < -0.39 is 28.5 Å². The molecule has 4 N–H and O–H groups in total. The van der Waals surface area contributed by atoms with Crippen LogP contribution in [-0.2, 0) is 14.8 Å². The number of carbonyl (C=O) groups is 2. The first kappa shape index (κ1) is 21.8. The number of aromatic nitrogens is 2. The summed E-state index contributed by atoms with van der Waals surface area (Å²) < 4.78 is 35.0. The predicted octanol–water partition coefficient (Wildman–Crippen LogP) is 1.85. The Morgan fingerprint density at radius 3 is 2.39 bits per heavy atom. The fraction of sp³-hybridized carbons (Fsp3) is 0.150. The number of nitrogens with zero attached hydrogens (tertiary/aromatic N) is 2. The van der Waals surface area contributed by atoms with Crippen molar-refractivity contribution in [1.29, 1.82) is 0 Å². The van der Waals surface area contributed by atoms with E-state index in [-0.39, 0.29) is 16.3 Å². The Morgan fingerprint density at radius 1 is 1.13 bits per heavy atom. The van der Waals surface area contributed by atoms with Crippen LogP contribution in [0.4, 0.5) is 5.69 Å². The summed E-state index contributed by atoms with van der Waals surface area (Å²) in [4.78, 5) is 21.9. The third kappa shape index (κ3) is 4.83. The summed E-state index contributed by atoms with van der Waals surface area (Å²) in [7, 11) is -3.97. The van der Waals surface area contributed by atoms with E-state index in [9.17, 15) is 18.0 Å². The lowest BCUT2D eigenvalue weighted by Gasteiger charge is -2.16. The summed E-state index contributed by atoms with van der Waals surface area (Å²) in [6.07, 6.45) is 1.56. The number of amides is 1. The summed E-state index contributed by atoms with van der Waals surface area (Å²) in [5.41, 5.74) is 7.14. The zero-order valence-electron chi connectivity index (χ0n) is 16.7. The second kappa shape index (κ2) is 8.48. The summed E-state index contributed by atoms with van der Waals surface area (Å²) >= 11 is 0. The van der Waals surface area contributed by atoms with Gasteiger partial charge >= 0.3 is 5.97 Å². The molecule has 0 bridgehead atoms. The number of hydrogen-bond acceptors (Lipinski definition) is 6. The molecule has 10 nitrogen and oxygen atoms in total. The molecule has 1 amide bonds. The summed E-state index contributed by atoms with van der Waals surface area (Å²) in [6, 6.07) is 10.8. The maximum atomic E-state index is 12.9. The van der Waals surface area contributed by atoms with Crippen LogP contribution in [0, 0.1) is 13.8 Å². The number of ether oxygens (including phenoxy) is 1. The van der Waals surface area contributed by atoms with Gasteiger partial charge < -0.3 is 15.6 Å². The van der Waals surface area contributed by atoms with Gasteiger partial charge in [-0.25, -0.2) is 17.9 Å². The van der Waals surface area contributed by atoms with Gasteiger partial charge in [-0.15, -0.1) is 0 Å². The van der Waals surface area contributed by atoms with E-state index in [0.29, 0.717) is 22.5 Å². The van der Waals surface area contributed by atoms with Crippen LogP contribution in [0.1, 0.15) is 21.6 Å². The fourth-order valence-electron chi connectivity index (χ4n) is 2.95. The summed E-state index contributed by atoms with van der Waals surface area (Å²) in [5.74, 6) is -1.60. The number of anilines is 1. The van der Waals surface area contributed by atoms with E-state index in [2.05, 4.69) is 9.82 Å². The molecule has 0 radical (unpaired) electrons. The zero-order chi connectivity index (χ0) is 22.8. The molecule has 1 heterocycles. The maximum Gasteiger partial charge on any atom is 0.341 e. The van der Waals surface area contributed by atoms with Gasteiger partial charge in [0.2, 0.25) is 0 Å². The van der Waals surface area contributed by atoms with Crippen molar-refractivity contribution in [3.8, 4) is 11.4 Å². The maximum absolute atomic E-state index is 12.9. The number of carboxylic acid groups (broad SMARTS) is 1. The average molecular weight is 444 g/mol. The number of carboxylic acids is 1. The van der Waals surface area contributed by atoms with Gasteiger partial charge in [-0.05, 0) is 55.8 Å². The van der Waals surface area contributed by atoms with Crippen molar-refractivity contribution in [2.75, 3.05) is 11.3 Å². The molecule has 11 heteroatoms. The molecule has 0 aliphatic rings. The average Bonchev–Trinajstić information content (AvgIpc) is 3.18. The van der Waals surface area contributed by atoms with Gasteiger partial charge in [0.1, 0.15) is 11.4 Å². The van der Waals surface area contributed by atoms with Crippen molar-refractivity contribution >= 4 is 27.6 Å². The third-order valence-electron chi connectivity index (χ3n) is 4.41. The zero-order valence-corrected chi connectivity index (χ0v) is 17.5. The smallest absolute Gasteiger partial charge is 0.341 e. The molecule has 0 atom stereocenters. The van der Waals surface area contributed by atoms with Gasteiger partial charge in [0, 0.05) is 17.4 Å². The molecular weight excluding hydrogens is 424 g/mol. The van der Waals surface area contributed by atoms with Crippen LogP contribution in [0.15, 0.2) is 53.6 Å². The van der Waals surface area contributed by atoms with Crippen molar-refractivity contribution in [3.63, 3.8) is 0 Å². The molecule has 0 saturated carbocycles. The largest absolute Gasteiger partial charge is 0.481 e. The van der Waals surface area contributed by atoms with E-state index in [1.165, 1.54) is 16.8 Å². The molecule has 0 fully saturated rings. The molecule has 0 unspecified atom stereocenters. The van der Waals surface area contributed by atoms with Gasteiger partial charge in [0.25, 0.3) is 15.9 Å². The van der Waals surface area contributed by atoms with Crippen LogP contribution in [0.25, 0.3) is 5.69 Å². The predicted molar refractivity (Wildman–Crippen MR) is 112 cm³/mol. The molecule has 3 aromatic rings. The molecule has 0 aliphatic carbocycles. The molecule has 1 aromatic heterocycles. The highest BCUT2D eigenvalue weighted by Gasteiger charge is 2.21. The van der Waals surface area contributed by atoms with E-state index >= 15 is 0 Å². The highest BCUT2D eigenvalue weighted by molar-refractivity contribution is 7.92. The first-order valence-electron chi connectivity index (χ1n) is 9.02. The molecule has 31 heavy (non-hydrogen) atoms. The van der Waals surface area contributed by atoms with Gasteiger partial charge in [-0.1, -0.05) is 6.07 Å². The Balaban J connectivity index is 1.84. The number of aliphatic carboxylic acids is 1. The highest BCUT2D eigenvalue weighted by atomic mass is 32.2. The molecule has 0 saturated heterocycles. The van der Waals surface area contributed by atoms with Crippen LogP contribution < -0.4 is 15.2 Å². The lowest BCUT2D eigenvalue weighted by Crippen LogP contribution is -2.16. The van der Waals surface area contributed by atoms with Crippen LogP contribution in [-0.4, -0.2) is 41.8 Å². The van der Waals surface area contributed by atoms with E-state index in [1.54, 1.807) is 50.4 Å². The normalized spacial score (nSPS) is 11.2. The Kier molecular flexibility index (Phi) is 5.97. The van der Waals surface area contributed by atoms with E-state index in [1.807, 2.05) is 0 Å². The molecule has 0 aliphatic heterocycles. The van der Waals surface area contributed by atoms with Gasteiger partial charge in [0.15, 0.2) is 6.61 Å². The Labute approximate surface area is 178 Å². The molecule has 162 valence electrons. The number of sulfonamides is 1. The number of nitrogens with two attached hydrogens (primary N) is 1. The quantitative estimate of drug-likeness (QED) is 0.479. The third-order valence-corrected chi connectivity index (χ3v) is 5.93. The number of rotatable bonds is 8. The van der Waals surface area contributed by atoms with Crippen molar-refractivity contribution in [3.05, 3.63) is 65.5 Å². The molecule has 2 aromatic carbocycles. The minimum atomic E-state index is -3.97. The van der Waals surface area contributed by atoms with Crippen LogP contribution in [0.2, 0.25) is 0 Å². The number of hydrogen-bond donors (Lipinski definition) is 3. The fourth-order valence-corrected chi connectivity index (χ4v) is 4.25. The Hall–Kier alpha value is -3.86. The van der Waals surface area contributed by atoms with Crippen molar-refractivity contribution in [2.24, 2.45) is 5.73 Å². The first-order valence-corrected chi connectivity index (χ1v) is 10.5. The van der Waals surface area contributed by atoms with Crippen LogP contribution in [0.3, 0.4) is 0 Å². The Bertz CT molecular complexity index is 1250. The number of nitrogens with one attached hydrogen (secondary N) is 1. The van der Waals surface area contributed by atoms with Gasteiger partial charge in [0.05, 0.1) is 10.6 Å². The van der Waals surface area contributed by atoms with Crippen molar-refractivity contribution in [1.82, 2.24) is 9.78 Å². The number of carbonyl (C=O) groups excluding carboxylic acids is 1. The topological polar surface area (TPSA) is 154 Å². The number of primary amides is 1.